The Bertz CT molecular complexity index is 1230. The van der Waals surface area contributed by atoms with Crippen LogP contribution in [0, 0.1) is 11.2 Å². The Kier molecular flexibility index (Phi) is 8.44. The van der Waals surface area contributed by atoms with Gasteiger partial charge in [-0.1, -0.05) is 12.5 Å². The molecule has 40 heavy (non-hydrogen) atoms. The zero-order chi connectivity index (χ0) is 29.3. The molecule has 1 aromatic carbocycles. The standard InChI is InChI=1S/C29H36F4N4O3/c1-27(2,29(31,32)33)18-36-13-5-4-7-20(36)17-40-21-9-11-24(35-16-21)19-8-10-22(23(30)15-19)25(38)37-14-6-12-28(37,3)26(34)39/h8-11,15-16,20H,4-7,12-14,17-18H2,1-3H3,(H2,34,39)/t20?,28-/m0/s1. The second kappa shape index (κ2) is 11.3. The van der Waals surface area contributed by atoms with Crippen LogP contribution >= 0.6 is 0 Å². The van der Waals surface area contributed by atoms with Gasteiger partial charge in [-0.2, -0.15) is 13.2 Å². The molecule has 2 saturated heterocycles. The maximum Gasteiger partial charge on any atom is 0.395 e. The van der Waals surface area contributed by atoms with Crippen LogP contribution in [-0.4, -0.2) is 70.6 Å². The maximum atomic E-state index is 15.0. The number of carbonyl (C=O) groups excluding carboxylic acids is 2. The molecule has 1 aromatic heterocycles. The molecule has 0 radical (unpaired) electrons. The number of halogens is 4. The van der Waals surface area contributed by atoms with E-state index in [4.69, 9.17) is 10.5 Å². The zero-order valence-corrected chi connectivity index (χ0v) is 23.1. The SMILES string of the molecule is CC(C)(CN1CCCCC1COc1ccc(-c2ccc(C(=O)N3CCC[C@@]3(C)C(N)=O)c(F)c2)nc1)C(F)(F)F. The van der Waals surface area contributed by atoms with E-state index in [1.54, 1.807) is 25.1 Å². The average Bonchev–Trinajstić information content (AvgIpc) is 3.30. The van der Waals surface area contributed by atoms with Crippen molar-refractivity contribution in [2.24, 2.45) is 11.1 Å². The topological polar surface area (TPSA) is 88.8 Å². The van der Waals surface area contributed by atoms with Crippen LogP contribution < -0.4 is 10.5 Å². The van der Waals surface area contributed by atoms with E-state index in [0.717, 1.165) is 19.3 Å². The smallest absolute Gasteiger partial charge is 0.395 e. The summed E-state index contributed by atoms with van der Waals surface area (Å²) in [6.45, 7) is 5.09. The van der Waals surface area contributed by atoms with Crippen LogP contribution in [0.1, 0.15) is 63.2 Å². The van der Waals surface area contributed by atoms with Crippen molar-refractivity contribution in [2.75, 3.05) is 26.2 Å². The molecule has 11 heteroatoms. The maximum absolute atomic E-state index is 15.0. The molecule has 7 nitrogen and oxygen atoms in total. The van der Waals surface area contributed by atoms with Gasteiger partial charge in [0.2, 0.25) is 5.91 Å². The number of benzene rings is 1. The summed E-state index contributed by atoms with van der Waals surface area (Å²) < 4.78 is 61.2. The first-order valence-electron chi connectivity index (χ1n) is 13.5. The molecule has 1 unspecified atom stereocenters. The molecule has 2 fully saturated rings. The van der Waals surface area contributed by atoms with Gasteiger partial charge in [-0.3, -0.25) is 19.5 Å². The molecular formula is C29H36F4N4O3. The number of hydrogen-bond acceptors (Lipinski definition) is 5. The number of likely N-dealkylation sites (tertiary alicyclic amines) is 2. The minimum Gasteiger partial charge on any atom is -0.490 e. The van der Waals surface area contributed by atoms with E-state index in [2.05, 4.69) is 4.98 Å². The molecular weight excluding hydrogens is 528 g/mol. The van der Waals surface area contributed by atoms with Gasteiger partial charge < -0.3 is 15.4 Å². The molecule has 4 rings (SSSR count). The number of hydrogen-bond donors (Lipinski definition) is 1. The number of pyridine rings is 1. The fourth-order valence-corrected chi connectivity index (χ4v) is 5.42. The average molecular weight is 565 g/mol. The number of piperidine rings is 1. The molecule has 218 valence electrons. The Hall–Kier alpha value is -3.21. The third kappa shape index (κ3) is 6.09. The lowest BCUT2D eigenvalue weighted by molar-refractivity contribution is -0.219. The molecule has 2 amide bonds. The normalized spacial score (nSPS) is 22.4. The third-order valence-electron chi connectivity index (χ3n) is 8.21. The summed E-state index contributed by atoms with van der Waals surface area (Å²) in [5, 5.41) is 0. The molecule has 2 N–H and O–H groups in total. The van der Waals surface area contributed by atoms with Crippen LogP contribution in [0.4, 0.5) is 17.6 Å². The second-order valence-corrected chi connectivity index (χ2v) is 11.6. The summed E-state index contributed by atoms with van der Waals surface area (Å²) in [5.41, 5.74) is 3.30. The minimum absolute atomic E-state index is 0.0920. The van der Waals surface area contributed by atoms with Crippen LogP contribution in [0.3, 0.4) is 0 Å². The first kappa shape index (κ1) is 29.8. The second-order valence-electron chi connectivity index (χ2n) is 11.6. The molecule has 2 aliphatic heterocycles. The van der Waals surface area contributed by atoms with Gasteiger partial charge in [0.25, 0.3) is 5.91 Å². The first-order valence-corrected chi connectivity index (χ1v) is 13.5. The predicted molar refractivity (Wildman–Crippen MR) is 142 cm³/mol. The molecule has 0 spiro atoms. The van der Waals surface area contributed by atoms with Gasteiger partial charge in [-0.05, 0) is 77.3 Å². The van der Waals surface area contributed by atoms with Crippen LogP contribution in [0.2, 0.25) is 0 Å². The Balaban J connectivity index is 1.40. The van der Waals surface area contributed by atoms with Crippen molar-refractivity contribution >= 4 is 11.8 Å². The van der Waals surface area contributed by atoms with Crippen molar-refractivity contribution in [1.82, 2.24) is 14.8 Å². The summed E-state index contributed by atoms with van der Waals surface area (Å²) in [6, 6.07) is 7.37. The van der Waals surface area contributed by atoms with Crippen molar-refractivity contribution in [1.29, 1.82) is 0 Å². The quantitative estimate of drug-likeness (QED) is 0.446. The van der Waals surface area contributed by atoms with E-state index in [0.29, 0.717) is 42.9 Å². The van der Waals surface area contributed by atoms with Crippen molar-refractivity contribution in [2.45, 2.75) is 70.6 Å². The fourth-order valence-electron chi connectivity index (χ4n) is 5.42. The van der Waals surface area contributed by atoms with Crippen molar-refractivity contribution in [3.63, 3.8) is 0 Å². The number of rotatable bonds is 8. The predicted octanol–water partition coefficient (Wildman–Crippen LogP) is 5.19. The summed E-state index contributed by atoms with van der Waals surface area (Å²) in [4.78, 5) is 32.5. The number of nitrogens with zero attached hydrogens (tertiary/aromatic N) is 3. The van der Waals surface area contributed by atoms with Gasteiger partial charge in [0.05, 0.1) is 22.9 Å². The summed E-state index contributed by atoms with van der Waals surface area (Å²) in [5.74, 6) is -1.49. The number of carbonyl (C=O) groups is 2. The van der Waals surface area contributed by atoms with Crippen LogP contribution in [0.25, 0.3) is 11.3 Å². The largest absolute Gasteiger partial charge is 0.490 e. The highest BCUT2D eigenvalue weighted by Crippen LogP contribution is 2.39. The lowest BCUT2D eigenvalue weighted by Crippen LogP contribution is -2.54. The number of aromatic nitrogens is 1. The Labute approximate surface area is 231 Å². The number of alkyl halides is 3. The van der Waals surface area contributed by atoms with E-state index in [-0.39, 0.29) is 24.8 Å². The van der Waals surface area contributed by atoms with E-state index >= 15 is 4.39 Å². The number of ether oxygens (including phenoxy) is 1. The van der Waals surface area contributed by atoms with Gasteiger partial charge >= 0.3 is 6.18 Å². The van der Waals surface area contributed by atoms with E-state index in [9.17, 15) is 22.8 Å². The molecule has 2 atom stereocenters. The van der Waals surface area contributed by atoms with Gasteiger partial charge in [0.1, 0.15) is 23.7 Å². The molecule has 0 saturated carbocycles. The molecule has 0 aliphatic carbocycles. The van der Waals surface area contributed by atoms with Gasteiger partial charge in [0, 0.05) is 24.7 Å². The lowest BCUT2D eigenvalue weighted by Gasteiger charge is -2.41. The third-order valence-corrected chi connectivity index (χ3v) is 8.21. The van der Waals surface area contributed by atoms with Crippen molar-refractivity contribution < 1.29 is 31.9 Å². The Morgan fingerprint density at radius 1 is 1.12 bits per heavy atom. The fraction of sp³-hybridized carbons (Fsp3) is 0.552. The monoisotopic (exact) mass is 564 g/mol. The number of amides is 2. The van der Waals surface area contributed by atoms with E-state index in [1.807, 2.05) is 4.90 Å². The number of primary amides is 1. The Morgan fingerprint density at radius 2 is 1.88 bits per heavy atom. The van der Waals surface area contributed by atoms with Crippen LogP contribution in [-0.2, 0) is 4.79 Å². The van der Waals surface area contributed by atoms with Crippen molar-refractivity contribution in [3.8, 4) is 17.0 Å². The Morgan fingerprint density at radius 3 is 2.50 bits per heavy atom. The highest BCUT2D eigenvalue weighted by Gasteiger charge is 2.49. The highest BCUT2D eigenvalue weighted by atomic mass is 19.4. The van der Waals surface area contributed by atoms with Crippen LogP contribution in [0.15, 0.2) is 36.5 Å². The molecule has 2 aliphatic rings. The first-order chi connectivity index (χ1) is 18.7. The summed E-state index contributed by atoms with van der Waals surface area (Å²) >= 11 is 0. The molecule has 3 heterocycles. The summed E-state index contributed by atoms with van der Waals surface area (Å²) in [6.07, 6.45) is 0.756. The van der Waals surface area contributed by atoms with E-state index < -0.39 is 34.8 Å². The highest BCUT2D eigenvalue weighted by molar-refractivity contribution is 5.99. The van der Waals surface area contributed by atoms with Crippen LogP contribution in [0.5, 0.6) is 5.75 Å². The van der Waals surface area contributed by atoms with E-state index in [1.165, 1.54) is 37.1 Å². The van der Waals surface area contributed by atoms with Gasteiger partial charge in [-0.25, -0.2) is 4.39 Å². The van der Waals surface area contributed by atoms with Gasteiger partial charge in [-0.15, -0.1) is 0 Å². The molecule has 0 bridgehead atoms. The van der Waals surface area contributed by atoms with Gasteiger partial charge in [0.15, 0.2) is 0 Å². The zero-order valence-electron chi connectivity index (χ0n) is 23.1. The molecule has 2 aromatic rings. The number of nitrogens with two attached hydrogens (primary N) is 1. The lowest BCUT2D eigenvalue weighted by atomic mass is 9.89. The minimum atomic E-state index is -4.29. The van der Waals surface area contributed by atoms with Crippen molar-refractivity contribution in [3.05, 3.63) is 47.9 Å². The summed E-state index contributed by atoms with van der Waals surface area (Å²) in [7, 11) is 0.